The molecule has 11 heteroatoms. The zero-order valence-electron chi connectivity index (χ0n) is 21.1. The van der Waals surface area contributed by atoms with Crippen LogP contribution in [0.1, 0.15) is 10.4 Å². The van der Waals surface area contributed by atoms with Gasteiger partial charge in [-0.05, 0) is 37.4 Å². The molecule has 5 rings (SSSR count). The van der Waals surface area contributed by atoms with E-state index in [-0.39, 0.29) is 35.7 Å². The second kappa shape index (κ2) is 9.94. The third-order valence-electron chi connectivity index (χ3n) is 6.61. The van der Waals surface area contributed by atoms with Crippen LogP contribution >= 0.6 is 0 Å². The van der Waals surface area contributed by atoms with Gasteiger partial charge in [0.1, 0.15) is 17.9 Å². The molecular formula is C26H30N8O3. The average molecular weight is 503 g/mol. The van der Waals surface area contributed by atoms with Crippen molar-refractivity contribution in [3.05, 3.63) is 54.2 Å². The van der Waals surface area contributed by atoms with E-state index >= 15 is 0 Å². The summed E-state index contributed by atoms with van der Waals surface area (Å²) in [6.07, 6.45) is 1.44. The first-order valence-corrected chi connectivity index (χ1v) is 12.0. The number of nitrogen functional groups attached to an aromatic ring is 1. The Balaban J connectivity index is 1.50. The fraction of sp³-hybridized carbons (Fsp3) is 0.308. The van der Waals surface area contributed by atoms with Crippen molar-refractivity contribution in [3.63, 3.8) is 0 Å². The van der Waals surface area contributed by atoms with Crippen molar-refractivity contribution < 1.29 is 14.3 Å². The number of aromatic nitrogens is 2. The van der Waals surface area contributed by atoms with E-state index in [0.717, 1.165) is 31.9 Å². The number of nitrogens with zero attached hydrogens (tertiary/aromatic N) is 6. The quantitative estimate of drug-likeness (QED) is 0.507. The van der Waals surface area contributed by atoms with E-state index in [1.165, 1.54) is 16.0 Å². The summed E-state index contributed by atoms with van der Waals surface area (Å²) in [7, 11) is 5.31. The van der Waals surface area contributed by atoms with E-state index in [1.807, 2.05) is 18.2 Å². The molecule has 0 radical (unpaired) electrons. The molecule has 192 valence electrons. The molecule has 0 aliphatic carbocycles. The largest absolute Gasteiger partial charge is 0.494 e. The van der Waals surface area contributed by atoms with E-state index in [0.29, 0.717) is 22.8 Å². The second-order valence-corrected chi connectivity index (χ2v) is 9.22. The number of carbonyl (C=O) groups is 2. The van der Waals surface area contributed by atoms with Crippen LogP contribution in [0.25, 0.3) is 0 Å². The summed E-state index contributed by atoms with van der Waals surface area (Å²) in [5.41, 5.74) is 8.96. The molecule has 3 heterocycles. The molecule has 1 fully saturated rings. The van der Waals surface area contributed by atoms with Crippen LogP contribution in [0.2, 0.25) is 0 Å². The second-order valence-electron chi connectivity index (χ2n) is 9.22. The number of nitrogens with two attached hydrogens (primary N) is 1. The van der Waals surface area contributed by atoms with Crippen LogP contribution in [0.4, 0.5) is 34.5 Å². The minimum Gasteiger partial charge on any atom is -0.494 e. The van der Waals surface area contributed by atoms with Gasteiger partial charge in [0.2, 0.25) is 5.95 Å². The number of hydrogen-bond acceptors (Lipinski definition) is 9. The Labute approximate surface area is 215 Å². The molecule has 0 spiro atoms. The normalized spacial score (nSPS) is 16.5. The number of nitrogens with one attached hydrogen (secondary N) is 1. The van der Waals surface area contributed by atoms with Gasteiger partial charge in [-0.2, -0.15) is 4.98 Å². The van der Waals surface area contributed by atoms with Gasteiger partial charge in [0, 0.05) is 56.9 Å². The van der Waals surface area contributed by atoms with E-state index in [4.69, 9.17) is 10.5 Å². The molecule has 2 aliphatic heterocycles. The first kappa shape index (κ1) is 24.3. The number of carbonyl (C=O) groups excluding carboxylic acids is 2. The van der Waals surface area contributed by atoms with Crippen molar-refractivity contribution in [2.45, 2.75) is 0 Å². The minimum atomic E-state index is -0.338. The monoisotopic (exact) mass is 502 g/mol. The lowest BCUT2D eigenvalue weighted by atomic mass is 10.2. The summed E-state index contributed by atoms with van der Waals surface area (Å²) in [4.78, 5) is 42.6. The number of methoxy groups -OCH3 is 1. The van der Waals surface area contributed by atoms with E-state index in [2.05, 4.69) is 32.1 Å². The van der Waals surface area contributed by atoms with Crippen molar-refractivity contribution in [2.75, 3.05) is 74.8 Å². The Morgan fingerprint density at radius 1 is 1.00 bits per heavy atom. The first-order valence-electron chi connectivity index (χ1n) is 12.0. The lowest BCUT2D eigenvalue weighted by Gasteiger charge is -2.34. The number of likely N-dealkylation sites (N-methyl/N-ethyl adjacent to an activating group) is 2. The summed E-state index contributed by atoms with van der Waals surface area (Å²) in [5, 5.41) is 3.19. The van der Waals surface area contributed by atoms with Gasteiger partial charge < -0.3 is 30.5 Å². The summed E-state index contributed by atoms with van der Waals surface area (Å²) in [5.74, 6) is 0.405. The van der Waals surface area contributed by atoms with Crippen LogP contribution in [-0.4, -0.2) is 85.5 Å². The molecule has 37 heavy (non-hydrogen) atoms. The van der Waals surface area contributed by atoms with Gasteiger partial charge in [0.05, 0.1) is 18.5 Å². The average Bonchev–Trinajstić information content (AvgIpc) is 2.98. The van der Waals surface area contributed by atoms with Crippen molar-refractivity contribution >= 4 is 46.3 Å². The topological polar surface area (TPSA) is 120 Å². The van der Waals surface area contributed by atoms with E-state index < -0.39 is 0 Å². The highest BCUT2D eigenvalue weighted by atomic mass is 16.5. The SMILES string of the molecule is COc1cc(N2CCN(C)CC2)ccc1Nc1ncc2c(n1)N(c1cccc(N)c1)C(=O)CN(C)C2=O. The standard InChI is InChI=1S/C26H30N8O3/c1-31-9-11-33(12-10-31)18-7-8-21(22(14-18)37-3)29-26-28-15-20-24(30-26)34(19-6-4-5-17(27)13-19)23(35)16-32(2)25(20)36/h4-8,13-15H,9-12,16,27H2,1-3H3,(H,28,29,30). The molecule has 2 aromatic carbocycles. The van der Waals surface area contributed by atoms with Crippen LogP contribution in [0.3, 0.4) is 0 Å². The zero-order chi connectivity index (χ0) is 26.1. The van der Waals surface area contributed by atoms with Gasteiger partial charge in [0.25, 0.3) is 11.8 Å². The van der Waals surface area contributed by atoms with Gasteiger partial charge in [0.15, 0.2) is 5.82 Å². The molecular weight excluding hydrogens is 472 g/mol. The summed E-state index contributed by atoms with van der Waals surface area (Å²) in [6.45, 7) is 3.78. The molecule has 0 atom stereocenters. The molecule has 0 bridgehead atoms. The Hall–Kier alpha value is -4.38. The molecule has 0 unspecified atom stereocenters. The van der Waals surface area contributed by atoms with Crippen LogP contribution in [0.15, 0.2) is 48.7 Å². The maximum atomic E-state index is 13.2. The van der Waals surface area contributed by atoms with Crippen molar-refractivity contribution in [3.8, 4) is 5.75 Å². The van der Waals surface area contributed by atoms with Gasteiger partial charge in [-0.3, -0.25) is 14.5 Å². The smallest absolute Gasteiger partial charge is 0.259 e. The molecule has 2 amide bonds. The third-order valence-corrected chi connectivity index (χ3v) is 6.61. The number of fused-ring (bicyclic) bond motifs is 1. The lowest BCUT2D eigenvalue weighted by molar-refractivity contribution is -0.118. The predicted octanol–water partition coefficient (Wildman–Crippen LogP) is 2.31. The van der Waals surface area contributed by atoms with Crippen molar-refractivity contribution in [2.24, 2.45) is 0 Å². The zero-order valence-corrected chi connectivity index (χ0v) is 21.1. The fourth-order valence-corrected chi connectivity index (χ4v) is 4.52. The van der Waals surface area contributed by atoms with Crippen LogP contribution in [0, 0.1) is 0 Å². The van der Waals surface area contributed by atoms with Gasteiger partial charge >= 0.3 is 0 Å². The Kier molecular flexibility index (Phi) is 6.53. The molecule has 3 N–H and O–H groups in total. The van der Waals surface area contributed by atoms with Crippen LogP contribution in [-0.2, 0) is 4.79 Å². The highest BCUT2D eigenvalue weighted by molar-refractivity contribution is 6.11. The number of piperazine rings is 1. The van der Waals surface area contributed by atoms with Gasteiger partial charge in [-0.1, -0.05) is 6.07 Å². The summed E-state index contributed by atoms with van der Waals surface area (Å²) < 4.78 is 5.66. The van der Waals surface area contributed by atoms with Gasteiger partial charge in [-0.15, -0.1) is 0 Å². The van der Waals surface area contributed by atoms with Gasteiger partial charge in [-0.25, -0.2) is 4.98 Å². The van der Waals surface area contributed by atoms with E-state index in [1.54, 1.807) is 38.4 Å². The summed E-state index contributed by atoms with van der Waals surface area (Å²) in [6, 6.07) is 12.8. The highest BCUT2D eigenvalue weighted by Crippen LogP contribution is 2.35. The molecule has 11 nitrogen and oxygen atoms in total. The van der Waals surface area contributed by atoms with Crippen molar-refractivity contribution in [1.29, 1.82) is 0 Å². The number of benzene rings is 2. The lowest BCUT2D eigenvalue weighted by Crippen LogP contribution is -2.44. The Morgan fingerprint density at radius 3 is 2.51 bits per heavy atom. The predicted molar refractivity (Wildman–Crippen MR) is 143 cm³/mol. The Bertz CT molecular complexity index is 1340. The number of anilines is 6. The first-order chi connectivity index (χ1) is 17.8. The highest BCUT2D eigenvalue weighted by Gasteiger charge is 2.33. The maximum absolute atomic E-state index is 13.2. The molecule has 0 saturated carbocycles. The van der Waals surface area contributed by atoms with E-state index in [9.17, 15) is 9.59 Å². The van der Waals surface area contributed by atoms with Crippen molar-refractivity contribution in [1.82, 2.24) is 19.8 Å². The number of rotatable bonds is 5. The molecule has 3 aromatic rings. The number of ether oxygens (including phenoxy) is 1. The molecule has 1 saturated heterocycles. The third kappa shape index (κ3) is 4.85. The van der Waals surface area contributed by atoms with Crippen LogP contribution in [0.5, 0.6) is 5.75 Å². The minimum absolute atomic E-state index is 0.103. The Morgan fingerprint density at radius 2 is 1.78 bits per heavy atom. The fourth-order valence-electron chi connectivity index (χ4n) is 4.52. The maximum Gasteiger partial charge on any atom is 0.259 e. The molecule has 1 aromatic heterocycles. The molecule has 2 aliphatic rings. The van der Waals surface area contributed by atoms with Crippen LogP contribution < -0.4 is 25.6 Å². The number of amides is 2. The summed E-state index contributed by atoms with van der Waals surface area (Å²) >= 11 is 0. The number of hydrogen-bond donors (Lipinski definition) is 2.